The Morgan fingerprint density at radius 3 is 2.52 bits per heavy atom. The molecule has 1 fully saturated rings. The number of amides is 2. The predicted octanol–water partition coefficient (Wildman–Crippen LogP) is 1.67. The van der Waals surface area contributed by atoms with Gasteiger partial charge in [-0.15, -0.1) is 11.3 Å². The summed E-state index contributed by atoms with van der Waals surface area (Å²) < 4.78 is 1.41. The molecule has 0 aliphatic carbocycles. The largest absolute Gasteiger partial charge is 0.323 e. The number of imide groups is 1. The first-order valence-corrected chi connectivity index (χ1v) is 7.60. The number of fused-ring (bicyclic) bond motifs is 1. The van der Waals surface area contributed by atoms with Crippen LogP contribution >= 0.6 is 23.6 Å². The van der Waals surface area contributed by atoms with Gasteiger partial charge in [0.2, 0.25) is 5.91 Å². The first-order chi connectivity index (χ1) is 9.82. The molecular formula is C13H13N3O3S2. The van der Waals surface area contributed by atoms with Gasteiger partial charge in [0.25, 0.3) is 11.5 Å². The molecular weight excluding hydrogens is 310 g/mol. The van der Waals surface area contributed by atoms with E-state index in [9.17, 15) is 14.4 Å². The lowest BCUT2D eigenvalue weighted by Gasteiger charge is -2.12. The second kappa shape index (κ2) is 4.60. The maximum atomic E-state index is 12.7. The van der Waals surface area contributed by atoms with Crippen molar-refractivity contribution < 1.29 is 9.59 Å². The van der Waals surface area contributed by atoms with Crippen LogP contribution in [0.25, 0.3) is 10.2 Å². The van der Waals surface area contributed by atoms with Crippen molar-refractivity contribution in [2.24, 2.45) is 0 Å². The molecule has 110 valence electrons. The van der Waals surface area contributed by atoms with E-state index in [0.717, 1.165) is 15.3 Å². The SMILES string of the molecule is Cc1sc2[nH]c(=S)n(C3CC(=O)N(C)C3=O)c(=O)c2c1C. The number of likely N-dealkylation sites (N-methyl/N-ethyl adjacent to an activating group) is 1. The Labute approximate surface area is 129 Å². The van der Waals surface area contributed by atoms with Gasteiger partial charge in [-0.2, -0.15) is 0 Å². The van der Waals surface area contributed by atoms with Crippen molar-refractivity contribution in [3.05, 3.63) is 25.6 Å². The van der Waals surface area contributed by atoms with Crippen LogP contribution in [0.5, 0.6) is 0 Å². The third-order valence-electron chi connectivity index (χ3n) is 3.93. The van der Waals surface area contributed by atoms with E-state index in [4.69, 9.17) is 12.2 Å². The maximum Gasteiger partial charge on any atom is 0.264 e. The molecule has 1 unspecified atom stereocenters. The molecule has 1 saturated heterocycles. The topological polar surface area (TPSA) is 75.2 Å². The summed E-state index contributed by atoms with van der Waals surface area (Å²) in [7, 11) is 1.42. The molecule has 0 radical (unpaired) electrons. The van der Waals surface area contributed by atoms with E-state index in [1.54, 1.807) is 0 Å². The molecule has 0 aromatic carbocycles. The number of carbonyl (C=O) groups excluding carboxylic acids is 2. The summed E-state index contributed by atoms with van der Waals surface area (Å²) in [5, 5.41) is 0.543. The highest BCUT2D eigenvalue weighted by atomic mass is 32.1. The van der Waals surface area contributed by atoms with Gasteiger partial charge in [-0.3, -0.25) is 23.9 Å². The molecule has 1 aliphatic heterocycles. The van der Waals surface area contributed by atoms with E-state index in [0.29, 0.717) is 10.2 Å². The zero-order chi connectivity index (χ0) is 15.5. The zero-order valence-electron chi connectivity index (χ0n) is 11.7. The first-order valence-electron chi connectivity index (χ1n) is 6.38. The molecule has 0 saturated carbocycles. The minimum absolute atomic E-state index is 0.0274. The van der Waals surface area contributed by atoms with Gasteiger partial charge in [0.1, 0.15) is 10.9 Å². The highest BCUT2D eigenvalue weighted by Crippen LogP contribution is 2.28. The molecule has 1 atom stereocenters. The number of thiophene rings is 1. The van der Waals surface area contributed by atoms with E-state index < -0.39 is 11.9 Å². The number of likely N-dealkylation sites (tertiary alicyclic amines) is 1. The fraction of sp³-hybridized carbons (Fsp3) is 0.385. The maximum absolute atomic E-state index is 12.7. The normalized spacial score (nSPS) is 19.0. The quantitative estimate of drug-likeness (QED) is 0.640. The van der Waals surface area contributed by atoms with Crippen molar-refractivity contribution >= 4 is 45.6 Å². The number of nitrogens with zero attached hydrogens (tertiary/aromatic N) is 2. The highest BCUT2D eigenvalue weighted by Gasteiger charge is 2.38. The van der Waals surface area contributed by atoms with Crippen molar-refractivity contribution in [2.45, 2.75) is 26.3 Å². The summed E-state index contributed by atoms with van der Waals surface area (Å²) >= 11 is 6.68. The van der Waals surface area contributed by atoms with Gasteiger partial charge in [-0.25, -0.2) is 0 Å². The molecule has 2 aromatic heterocycles. The number of aryl methyl sites for hydroxylation is 2. The third kappa shape index (κ3) is 1.90. The van der Waals surface area contributed by atoms with Gasteiger partial charge in [0.05, 0.1) is 11.8 Å². The van der Waals surface area contributed by atoms with Crippen LogP contribution in [0.4, 0.5) is 0 Å². The fourth-order valence-electron chi connectivity index (χ4n) is 2.56. The number of rotatable bonds is 1. The summed E-state index contributed by atoms with van der Waals surface area (Å²) in [5.74, 6) is -0.699. The monoisotopic (exact) mass is 323 g/mol. The lowest BCUT2D eigenvalue weighted by atomic mass is 10.2. The number of aromatic nitrogens is 2. The van der Waals surface area contributed by atoms with E-state index >= 15 is 0 Å². The molecule has 3 rings (SSSR count). The molecule has 2 aromatic rings. The van der Waals surface area contributed by atoms with Gasteiger partial charge >= 0.3 is 0 Å². The van der Waals surface area contributed by atoms with E-state index in [1.165, 1.54) is 23.0 Å². The van der Waals surface area contributed by atoms with Gasteiger partial charge < -0.3 is 4.98 Å². The van der Waals surface area contributed by atoms with E-state index in [-0.39, 0.29) is 22.7 Å². The fourth-order valence-corrected chi connectivity index (χ4v) is 3.99. The first kappa shape index (κ1) is 14.2. The number of H-pyrrole nitrogens is 1. The van der Waals surface area contributed by atoms with Crippen molar-refractivity contribution in [2.75, 3.05) is 7.05 Å². The number of hydrogen-bond donors (Lipinski definition) is 1. The molecule has 21 heavy (non-hydrogen) atoms. The van der Waals surface area contributed by atoms with Crippen molar-refractivity contribution in [1.29, 1.82) is 0 Å². The Morgan fingerprint density at radius 2 is 1.95 bits per heavy atom. The molecule has 1 aliphatic rings. The molecule has 0 bridgehead atoms. The standard InChI is InChI=1S/C13H13N3O3S2/c1-5-6(2)21-10-9(5)12(19)16(13(20)14-10)7-4-8(17)15(3)11(7)18/h7H,4H2,1-3H3,(H,14,20). The van der Waals surface area contributed by atoms with Crippen LogP contribution in [-0.4, -0.2) is 33.3 Å². The average molecular weight is 323 g/mol. The minimum atomic E-state index is -0.845. The Balaban J connectivity index is 2.32. The zero-order valence-corrected chi connectivity index (χ0v) is 13.4. The smallest absolute Gasteiger partial charge is 0.264 e. The number of aromatic amines is 1. The Morgan fingerprint density at radius 1 is 1.29 bits per heavy atom. The second-order valence-corrected chi connectivity index (χ2v) is 6.72. The van der Waals surface area contributed by atoms with Crippen molar-refractivity contribution in [1.82, 2.24) is 14.5 Å². The van der Waals surface area contributed by atoms with Gasteiger partial charge in [0.15, 0.2) is 4.77 Å². The number of hydrogen-bond acceptors (Lipinski definition) is 5. The van der Waals surface area contributed by atoms with Crippen molar-refractivity contribution in [3.63, 3.8) is 0 Å². The molecule has 6 nitrogen and oxygen atoms in total. The van der Waals surface area contributed by atoms with E-state index in [1.807, 2.05) is 13.8 Å². The summed E-state index contributed by atoms with van der Waals surface area (Å²) in [6.45, 7) is 3.79. The van der Waals surface area contributed by atoms with Gasteiger partial charge in [-0.05, 0) is 31.6 Å². The average Bonchev–Trinajstić information content (AvgIpc) is 2.82. The van der Waals surface area contributed by atoms with Crippen LogP contribution in [0.2, 0.25) is 0 Å². The lowest BCUT2D eigenvalue weighted by molar-refractivity contribution is -0.137. The van der Waals surface area contributed by atoms with Crippen LogP contribution < -0.4 is 5.56 Å². The Bertz CT molecular complexity index is 906. The van der Waals surface area contributed by atoms with Crippen LogP contribution in [0, 0.1) is 18.6 Å². The van der Waals surface area contributed by atoms with Crippen molar-refractivity contribution in [3.8, 4) is 0 Å². The van der Waals surface area contributed by atoms with Crippen LogP contribution in [0.1, 0.15) is 22.9 Å². The minimum Gasteiger partial charge on any atom is -0.323 e. The second-order valence-electron chi connectivity index (χ2n) is 5.10. The lowest BCUT2D eigenvalue weighted by Crippen LogP contribution is -2.32. The molecule has 1 N–H and O–H groups in total. The van der Waals surface area contributed by atoms with Crippen LogP contribution in [0.15, 0.2) is 4.79 Å². The molecule has 2 amide bonds. The summed E-state index contributed by atoms with van der Waals surface area (Å²) in [6, 6.07) is -0.845. The molecule has 0 spiro atoms. The van der Waals surface area contributed by atoms with E-state index in [2.05, 4.69) is 4.98 Å². The predicted molar refractivity (Wildman–Crippen MR) is 82.2 cm³/mol. The van der Waals surface area contributed by atoms with Crippen LogP contribution in [0.3, 0.4) is 0 Å². The van der Waals surface area contributed by atoms with Crippen LogP contribution in [-0.2, 0) is 9.59 Å². The Kier molecular flexibility index (Phi) is 3.10. The molecule has 3 heterocycles. The highest BCUT2D eigenvalue weighted by molar-refractivity contribution is 7.71. The summed E-state index contributed by atoms with van der Waals surface area (Å²) in [4.78, 5) is 42.3. The summed E-state index contributed by atoms with van der Waals surface area (Å²) in [6.07, 6.45) is -0.0274. The number of carbonyl (C=O) groups is 2. The number of nitrogens with one attached hydrogen (secondary N) is 1. The Hall–Kier alpha value is -1.80. The van der Waals surface area contributed by atoms with Gasteiger partial charge in [0, 0.05) is 11.9 Å². The molecule has 8 heteroatoms. The van der Waals surface area contributed by atoms with Gasteiger partial charge in [-0.1, -0.05) is 0 Å². The third-order valence-corrected chi connectivity index (χ3v) is 5.35. The summed E-state index contributed by atoms with van der Waals surface area (Å²) in [5.41, 5.74) is 0.571.